The molecule has 3 rings (SSSR count). The van der Waals surface area contributed by atoms with Gasteiger partial charge < -0.3 is 10.2 Å². The summed E-state index contributed by atoms with van der Waals surface area (Å²) in [4.78, 5) is 4.71. The second kappa shape index (κ2) is 5.21. The summed E-state index contributed by atoms with van der Waals surface area (Å²) in [6, 6.07) is 0. The van der Waals surface area contributed by atoms with Crippen LogP contribution in [0, 0.1) is 0 Å². The summed E-state index contributed by atoms with van der Waals surface area (Å²) in [6.07, 6.45) is 3.42. The first kappa shape index (κ1) is 14.7. The molecule has 3 heterocycles. The van der Waals surface area contributed by atoms with Gasteiger partial charge in [0.1, 0.15) is 0 Å². The third kappa shape index (κ3) is 2.64. The molecule has 0 amide bonds. The molecule has 116 valence electrons. The molecule has 1 aliphatic rings. The number of hydrogen-bond donors (Lipinski definition) is 3. The number of hydrazine groups is 1. The van der Waals surface area contributed by atoms with Gasteiger partial charge in [0.2, 0.25) is 5.03 Å². The van der Waals surface area contributed by atoms with E-state index in [0.29, 0.717) is 11.6 Å². The summed E-state index contributed by atoms with van der Waals surface area (Å²) in [6.45, 7) is 2.78. The van der Waals surface area contributed by atoms with Crippen LogP contribution in [0.2, 0.25) is 0 Å². The van der Waals surface area contributed by atoms with E-state index >= 15 is 0 Å². The van der Waals surface area contributed by atoms with E-state index in [9.17, 15) is 8.42 Å². The average Bonchev–Trinajstić information content (AvgIpc) is 3.11. The van der Waals surface area contributed by atoms with Crippen LogP contribution in [-0.4, -0.2) is 36.6 Å². The second-order valence-corrected chi connectivity index (χ2v) is 7.75. The zero-order chi connectivity index (χ0) is 15.1. The largest absolute Gasteiger partial charge is 0.374 e. The Hall–Kier alpha value is -1.20. The van der Waals surface area contributed by atoms with Crippen LogP contribution in [0.3, 0.4) is 0 Å². The molecule has 21 heavy (non-hydrogen) atoms. The molecule has 0 saturated carbocycles. The van der Waals surface area contributed by atoms with E-state index in [2.05, 4.69) is 15.1 Å². The molecule has 4 N–H and O–H groups in total. The summed E-state index contributed by atoms with van der Waals surface area (Å²) >= 11 is 1.34. The molecule has 0 spiro atoms. The number of sulfonamides is 1. The van der Waals surface area contributed by atoms with Gasteiger partial charge in [-0.1, -0.05) is 0 Å². The standard InChI is InChI=1S/C11H17N5O3S2/c1-11(3-2-5-19-11)7-13-21(17,18)9-8(15-12)14-10-16(9)4-6-20-10/h4,6,13,15H,2-3,5,7,12H2,1H3. The van der Waals surface area contributed by atoms with Gasteiger partial charge in [-0.15, -0.1) is 11.3 Å². The molecule has 0 aliphatic carbocycles. The lowest BCUT2D eigenvalue weighted by Crippen LogP contribution is -2.40. The fourth-order valence-electron chi connectivity index (χ4n) is 2.41. The lowest BCUT2D eigenvalue weighted by molar-refractivity contribution is 0.0250. The highest BCUT2D eigenvalue weighted by Gasteiger charge is 2.33. The first-order chi connectivity index (χ1) is 9.95. The Kier molecular flexibility index (Phi) is 3.66. The lowest BCUT2D eigenvalue weighted by Gasteiger charge is -2.23. The Morgan fingerprint density at radius 2 is 2.43 bits per heavy atom. The fourth-order valence-corrected chi connectivity index (χ4v) is 4.58. The zero-order valence-corrected chi connectivity index (χ0v) is 13.1. The predicted molar refractivity (Wildman–Crippen MR) is 79.7 cm³/mol. The molecule has 1 atom stereocenters. The number of rotatable bonds is 5. The van der Waals surface area contributed by atoms with Crippen LogP contribution in [0.15, 0.2) is 16.6 Å². The summed E-state index contributed by atoms with van der Waals surface area (Å²) in [5.74, 6) is 5.51. The van der Waals surface area contributed by atoms with Crippen LogP contribution in [-0.2, 0) is 14.8 Å². The zero-order valence-electron chi connectivity index (χ0n) is 11.5. The Balaban J connectivity index is 1.90. The number of aromatic nitrogens is 2. The van der Waals surface area contributed by atoms with Gasteiger partial charge in [0, 0.05) is 24.7 Å². The monoisotopic (exact) mass is 331 g/mol. The van der Waals surface area contributed by atoms with Gasteiger partial charge in [0.25, 0.3) is 10.0 Å². The van der Waals surface area contributed by atoms with E-state index in [-0.39, 0.29) is 17.4 Å². The van der Waals surface area contributed by atoms with E-state index in [1.54, 1.807) is 11.6 Å². The molecule has 0 aromatic carbocycles. The van der Waals surface area contributed by atoms with Gasteiger partial charge in [-0.3, -0.25) is 4.40 Å². The van der Waals surface area contributed by atoms with Crippen molar-refractivity contribution in [3.05, 3.63) is 11.6 Å². The lowest BCUT2D eigenvalue weighted by atomic mass is 10.0. The van der Waals surface area contributed by atoms with Crippen molar-refractivity contribution in [1.29, 1.82) is 0 Å². The number of ether oxygens (including phenoxy) is 1. The fraction of sp³-hybridized carbons (Fsp3) is 0.545. The normalized spacial score (nSPS) is 23.0. The number of imidazole rings is 1. The van der Waals surface area contributed by atoms with Crippen molar-refractivity contribution in [2.75, 3.05) is 18.6 Å². The number of anilines is 1. The molecule has 8 nitrogen and oxygen atoms in total. The predicted octanol–water partition coefficient (Wildman–Crippen LogP) is 0.529. The molecule has 1 fully saturated rings. The van der Waals surface area contributed by atoms with E-state index < -0.39 is 15.6 Å². The van der Waals surface area contributed by atoms with Gasteiger partial charge >= 0.3 is 0 Å². The molecular weight excluding hydrogens is 314 g/mol. The molecule has 1 saturated heterocycles. The Morgan fingerprint density at radius 1 is 1.62 bits per heavy atom. The topological polar surface area (TPSA) is 111 Å². The minimum Gasteiger partial charge on any atom is -0.374 e. The first-order valence-electron chi connectivity index (χ1n) is 6.51. The number of fused-ring (bicyclic) bond motifs is 1. The van der Waals surface area contributed by atoms with Gasteiger partial charge in [-0.25, -0.2) is 19.0 Å². The molecule has 10 heteroatoms. The van der Waals surface area contributed by atoms with Crippen molar-refractivity contribution < 1.29 is 13.2 Å². The average molecular weight is 331 g/mol. The summed E-state index contributed by atoms with van der Waals surface area (Å²) in [5.41, 5.74) is 1.88. The molecular formula is C11H17N5O3S2. The van der Waals surface area contributed by atoms with Crippen LogP contribution in [0.5, 0.6) is 0 Å². The smallest absolute Gasteiger partial charge is 0.260 e. The molecule has 1 unspecified atom stereocenters. The van der Waals surface area contributed by atoms with Gasteiger partial charge in [-0.05, 0) is 19.8 Å². The Morgan fingerprint density at radius 3 is 3.10 bits per heavy atom. The minimum absolute atomic E-state index is 0.0165. The van der Waals surface area contributed by atoms with Crippen molar-refractivity contribution in [3.63, 3.8) is 0 Å². The van der Waals surface area contributed by atoms with E-state index in [1.807, 2.05) is 6.92 Å². The number of nitrogens with two attached hydrogens (primary N) is 1. The SMILES string of the molecule is CC1(CNS(=O)(=O)c2c(NN)nc3sccn23)CCCO1. The number of hydrogen-bond acceptors (Lipinski definition) is 7. The molecule has 1 aliphatic heterocycles. The van der Waals surface area contributed by atoms with Crippen molar-refractivity contribution in [2.45, 2.75) is 30.4 Å². The summed E-state index contributed by atoms with van der Waals surface area (Å²) < 4.78 is 34.8. The quantitative estimate of drug-likeness (QED) is 0.544. The van der Waals surface area contributed by atoms with Crippen LogP contribution in [0.25, 0.3) is 4.96 Å². The first-order valence-corrected chi connectivity index (χ1v) is 8.87. The highest BCUT2D eigenvalue weighted by Crippen LogP contribution is 2.27. The minimum atomic E-state index is -3.75. The number of nitrogens with one attached hydrogen (secondary N) is 2. The van der Waals surface area contributed by atoms with E-state index in [1.165, 1.54) is 15.7 Å². The van der Waals surface area contributed by atoms with Gasteiger partial charge in [0.15, 0.2) is 10.8 Å². The maximum absolute atomic E-state index is 12.6. The second-order valence-electron chi connectivity index (χ2n) is 5.19. The maximum Gasteiger partial charge on any atom is 0.260 e. The van der Waals surface area contributed by atoms with Crippen molar-refractivity contribution in [3.8, 4) is 0 Å². The van der Waals surface area contributed by atoms with Crippen molar-refractivity contribution in [1.82, 2.24) is 14.1 Å². The van der Waals surface area contributed by atoms with Gasteiger partial charge in [-0.2, -0.15) is 4.98 Å². The van der Waals surface area contributed by atoms with Crippen LogP contribution >= 0.6 is 11.3 Å². The highest BCUT2D eigenvalue weighted by atomic mass is 32.2. The third-order valence-corrected chi connectivity index (χ3v) is 5.73. The summed E-state index contributed by atoms with van der Waals surface area (Å²) in [5, 5.41) is 1.78. The third-order valence-electron chi connectivity index (χ3n) is 3.55. The molecule has 0 bridgehead atoms. The molecule has 2 aromatic heterocycles. The van der Waals surface area contributed by atoms with E-state index in [0.717, 1.165) is 12.8 Å². The van der Waals surface area contributed by atoms with Crippen LogP contribution in [0.1, 0.15) is 19.8 Å². The maximum atomic E-state index is 12.6. The number of nitrogens with zero attached hydrogens (tertiary/aromatic N) is 2. The van der Waals surface area contributed by atoms with Crippen LogP contribution in [0.4, 0.5) is 5.82 Å². The highest BCUT2D eigenvalue weighted by molar-refractivity contribution is 7.89. The number of thiazole rings is 1. The van der Waals surface area contributed by atoms with Gasteiger partial charge in [0.05, 0.1) is 5.60 Å². The Labute approximate surface area is 126 Å². The summed E-state index contributed by atoms with van der Waals surface area (Å²) in [7, 11) is -3.75. The van der Waals surface area contributed by atoms with E-state index in [4.69, 9.17) is 10.6 Å². The van der Waals surface area contributed by atoms with Crippen molar-refractivity contribution >= 4 is 32.1 Å². The molecule has 0 radical (unpaired) electrons. The van der Waals surface area contributed by atoms with Crippen molar-refractivity contribution in [2.24, 2.45) is 5.84 Å². The van der Waals surface area contributed by atoms with Crippen LogP contribution < -0.4 is 16.0 Å². The number of nitrogen functional groups attached to an aromatic ring is 1. The Bertz CT molecular complexity index is 745. The molecule has 2 aromatic rings.